The van der Waals surface area contributed by atoms with Gasteiger partial charge in [0.15, 0.2) is 11.5 Å². The van der Waals surface area contributed by atoms with Gasteiger partial charge in [0.25, 0.3) is 11.1 Å². The van der Waals surface area contributed by atoms with Gasteiger partial charge in [-0.05, 0) is 25.1 Å². The lowest BCUT2D eigenvalue weighted by Gasteiger charge is -2.05. The molecule has 2 aromatic heterocycles. The van der Waals surface area contributed by atoms with Crippen LogP contribution in [0.1, 0.15) is 5.76 Å². The molecule has 0 radical (unpaired) electrons. The van der Waals surface area contributed by atoms with Crippen LogP contribution >= 0.6 is 11.8 Å². The SMILES string of the molecule is Cc1occc1-c1nnc(SCC(=O)Nc2ccc3c(c2)OC(F)(F)O3)o1. The average Bonchev–Trinajstić information content (AvgIpc) is 3.29. The lowest BCUT2D eigenvalue weighted by atomic mass is 10.3. The number of nitrogens with zero attached hydrogens (tertiary/aromatic N) is 2. The minimum atomic E-state index is -3.70. The van der Waals surface area contributed by atoms with Gasteiger partial charge in [0.1, 0.15) is 5.76 Å². The van der Waals surface area contributed by atoms with Gasteiger partial charge in [-0.3, -0.25) is 4.79 Å². The molecule has 1 aliphatic rings. The second kappa shape index (κ2) is 6.58. The third kappa shape index (κ3) is 3.72. The summed E-state index contributed by atoms with van der Waals surface area (Å²) in [5.41, 5.74) is 0.969. The van der Waals surface area contributed by atoms with Crippen molar-refractivity contribution >= 4 is 23.4 Å². The van der Waals surface area contributed by atoms with Gasteiger partial charge in [0.05, 0.1) is 17.6 Å². The van der Waals surface area contributed by atoms with Crippen molar-refractivity contribution in [3.05, 3.63) is 36.3 Å². The zero-order valence-electron chi connectivity index (χ0n) is 13.7. The second-order valence-corrected chi connectivity index (χ2v) is 6.36. The Bertz CT molecular complexity index is 1000. The molecule has 1 amide bonds. The van der Waals surface area contributed by atoms with Crippen LogP contribution in [0.5, 0.6) is 11.5 Å². The minimum Gasteiger partial charge on any atom is -0.469 e. The molecule has 4 rings (SSSR count). The van der Waals surface area contributed by atoms with Gasteiger partial charge in [-0.1, -0.05) is 11.8 Å². The Morgan fingerprint density at radius 1 is 1.22 bits per heavy atom. The number of benzene rings is 1. The Labute approximate surface area is 154 Å². The summed E-state index contributed by atoms with van der Waals surface area (Å²) in [6.07, 6.45) is -2.19. The number of aryl methyl sites for hydroxylation is 1. The monoisotopic (exact) mass is 395 g/mol. The highest BCUT2D eigenvalue weighted by Gasteiger charge is 2.43. The Kier molecular flexibility index (Phi) is 4.22. The van der Waals surface area contributed by atoms with Gasteiger partial charge in [-0.25, -0.2) is 0 Å². The molecule has 0 saturated carbocycles. The Hall–Kier alpha value is -3.08. The van der Waals surface area contributed by atoms with Crippen molar-refractivity contribution in [3.8, 4) is 23.0 Å². The molecule has 3 aromatic rings. The Balaban J connectivity index is 1.35. The highest BCUT2D eigenvalue weighted by Crippen LogP contribution is 2.42. The summed E-state index contributed by atoms with van der Waals surface area (Å²) in [5, 5.41) is 10.5. The molecule has 140 valence electrons. The number of anilines is 1. The van der Waals surface area contributed by atoms with Gasteiger partial charge in [0, 0.05) is 11.8 Å². The van der Waals surface area contributed by atoms with E-state index in [4.69, 9.17) is 8.83 Å². The van der Waals surface area contributed by atoms with Crippen molar-refractivity contribution in [1.82, 2.24) is 10.2 Å². The number of ether oxygens (including phenoxy) is 2. The summed E-state index contributed by atoms with van der Waals surface area (Å²) in [6.45, 7) is 1.76. The maximum absolute atomic E-state index is 13.0. The van der Waals surface area contributed by atoms with Crippen LogP contribution in [-0.2, 0) is 4.79 Å². The molecule has 0 saturated heterocycles. The number of alkyl halides is 2. The predicted octanol–water partition coefficient (Wildman–Crippen LogP) is 3.69. The highest BCUT2D eigenvalue weighted by molar-refractivity contribution is 7.99. The molecule has 0 atom stereocenters. The van der Waals surface area contributed by atoms with Crippen LogP contribution in [0.15, 0.2) is 44.6 Å². The van der Waals surface area contributed by atoms with Crippen LogP contribution in [0, 0.1) is 6.92 Å². The van der Waals surface area contributed by atoms with Crippen LogP contribution in [0.4, 0.5) is 14.5 Å². The molecule has 3 heterocycles. The fraction of sp³-hybridized carbons (Fsp3) is 0.188. The molecule has 27 heavy (non-hydrogen) atoms. The first-order chi connectivity index (χ1) is 12.9. The number of furan rings is 1. The number of carbonyl (C=O) groups excluding carboxylic acids is 1. The van der Waals surface area contributed by atoms with Crippen molar-refractivity contribution in [3.63, 3.8) is 0 Å². The molecule has 0 unspecified atom stereocenters. The maximum atomic E-state index is 13.0. The topological polar surface area (TPSA) is 99.6 Å². The zero-order chi connectivity index (χ0) is 19.0. The number of rotatable bonds is 5. The summed E-state index contributed by atoms with van der Waals surface area (Å²) >= 11 is 1.04. The Morgan fingerprint density at radius 3 is 2.81 bits per heavy atom. The maximum Gasteiger partial charge on any atom is 0.586 e. The van der Waals surface area contributed by atoms with Gasteiger partial charge in [0.2, 0.25) is 5.91 Å². The summed E-state index contributed by atoms with van der Waals surface area (Å²) in [7, 11) is 0. The largest absolute Gasteiger partial charge is 0.586 e. The van der Waals surface area contributed by atoms with Crippen LogP contribution in [0.2, 0.25) is 0 Å². The van der Waals surface area contributed by atoms with E-state index in [2.05, 4.69) is 25.0 Å². The predicted molar refractivity (Wildman–Crippen MR) is 88.7 cm³/mol. The van der Waals surface area contributed by atoms with Crippen molar-refractivity contribution < 1.29 is 31.9 Å². The van der Waals surface area contributed by atoms with E-state index in [-0.39, 0.29) is 28.4 Å². The molecule has 0 aliphatic carbocycles. The molecule has 1 N–H and O–H groups in total. The van der Waals surface area contributed by atoms with Crippen LogP contribution < -0.4 is 14.8 Å². The molecular weight excluding hydrogens is 384 g/mol. The van der Waals surface area contributed by atoms with Crippen molar-refractivity contribution in [2.75, 3.05) is 11.1 Å². The van der Waals surface area contributed by atoms with Crippen molar-refractivity contribution in [2.24, 2.45) is 0 Å². The van der Waals surface area contributed by atoms with Crippen LogP contribution in [-0.4, -0.2) is 28.2 Å². The molecule has 11 heteroatoms. The number of halogens is 2. The van der Waals surface area contributed by atoms with E-state index in [1.165, 1.54) is 24.5 Å². The van der Waals surface area contributed by atoms with Crippen molar-refractivity contribution in [1.29, 1.82) is 0 Å². The fourth-order valence-electron chi connectivity index (χ4n) is 2.33. The molecular formula is C16H11F2N3O5S. The summed E-state index contributed by atoms with van der Waals surface area (Å²) in [5.74, 6) is 0.284. The normalized spacial score (nSPS) is 14.3. The third-order valence-electron chi connectivity index (χ3n) is 3.51. The Morgan fingerprint density at radius 2 is 2.04 bits per heavy atom. The first-order valence-electron chi connectivity index (χ1n) is 7.60. The molecule has 0 bridgehead atoms. The van der Waals surface area contributed by atoms with E-state index in [0.29, 0.717) is 22.9 Å². The number of hydrogen-bond donors (Lipinski definition) is 1. The average molecular weight is 395 g/mol. The smallest absolute Gasteiger partial charge is 0.469 e. The molecule has 0 fully saturated rings. The number of aromatic nitrogens is 2. The third-order valence-corrected chi connectivity index (χ3v) is 4.33. The number of thioether (sulfide) groups is 1. The van der Waals surface area contributed by atoms with Gasteiger partial charge in [-0.2, -0.15) is 0 Å². The number of amides is 1. The second-order valence-electron chi connectivity index (χ2n) is 5.43. The van der Waals surface area contributed by atoms with Crippen molar-refractivity contribution in [2.45, 2.75) is 18.4 Å². The summed E-state index contributed by atoms with van der Waals surface area (Å²) in [6, 6.07) is 5.67. The first kappa shape index (κ1) is 17.3. The quantitative estimate of drug-likeness (QED) is 0.653. The van der Waals surface area contributed by atoms with E-state index < -0.39 is 6.29 Å². The molecule has 1 aromatic carbocycles. The van der Waals surface area contributed by atoms with E-state index in [0.717, 1.165) is 11.8 Å². The zero-order valence-corrected chi connectivity index (χ0v) is 14.5. The number of nitrogens with one attached hydrogen (secondary N) is 1. The fourth-order valence-corrected chi connectivity index (χ4v) is 2.90. The standard InChI is InChI=1S/C16H11F2N3O5S/c1-8-10(4-5-23-8)14-20-21-15(24-14)27-7-13(22)19-9-2-3-11-12(6-9)26-16(17,18)25-11/h2-6H,7H2,1H3,(H,19,22). The summed E-state index contributed by atoms with van der Waals surface area (Å²) in [4.78, 5) is 12.0. The lowest BCUT2D eigenvalue weighted by Crippen LogP contribution is -2.25. The molecule has 0 spiro atoms. The molecule has 8 nitrogen and oxygen atoms in total. The molecule has 1 aliphatic heterocycles. The van der Waals surface area contributed by atoms with Gasteiger partial charge < -0.3 is 23.6 Å². The van der Waals surface area contributed by atoms with E-state index in [1.807, 2.05) is 0 Å². The van der Waals surface area contributed by atoms with Crippen LogP contribution in [0.3, 0.4) is 0 Å². The van der Waals surface area contributed by atoms with Gasteiger partial charge >= 0.3 is 6.29 Å². The number of fused-ring (bicyclic) bond motifs is 1. The first-order valence-corrected chi connectivity index (χ1v) is 8.59. The van der Waals surface area contributed by atoms with E-state index >= 15 is 0 Å². The minimum absolute atomic E-state index is 0.0173. The van der Waals surface area contributed by atoms with Gasteiger partial charge in [-0.15, -0.1) is 19.0 Å². The van der Waals surface area contributed by atoms with E-state index in [9.17, 15) is 13.6 Å². The van der Waals surface area contributed by atoms with E-state index in [1.54, 1.807) is 13.0 Å². The number of carbonyl (C=O) groups is 1. The highest BCUT2D eigenvalue weighted by atomic mass is 32.2. The summed E-state index contributed by atoms with van der Waals surface area (Å²) < 4.78 is 45.3. The lowest BCUT2D eigenvalue weighted by molar-refractivity contribution is -0.286. The van der Waals surface area contributed by atoms with Crippen LogP contribution in [0.25, 0.3) is 11.5 Å². The number of hydrogen-bond acceptors (Lipinski definition) is 8.